The number of anilines is 1. The molecule has 7 heteroatoms. The Morgan fingerprint density at radius 2 is 2.17 bits per heavy atom. The first-order valence-corrected chi connectivity index (χ1v) is 5.75. The molecule has 0 radical (unpaired) electrons. The van der Waals surface area contributed by atoms with Gasteiger partial charge < -0.3 is 14.6 Å². The Morgan fingerprint density at radius 3 is 2.89 bits per heavy atom. The summed E-state index contributed by atoms with van der Waals surface area (Å²) >= 11 is 0. The molecule has 0 saturated carbocycles. The van der Waals surface area contributed by atoms with Crippen molar-refractivity contribution in [2.75, 3.05) is 31.1 Å². The van der Waals surface area contributed by atoms with Crippen LogP contribution in [0.3, 0.4) is 0 Å². The third kappa shape index (κ3) is 1.78. The summed E-state index contributed by atoms with van der Waals surface area (Å²) in [5, 5.41) is 14.1. The van der Waals surface area contributed by atoms with E-state index < -0.39 is 4.92 Å². The molecule has 94 valence electrons. The Labute approximate surface area is 103 Å². The zero-order valence-corrected chi connectivity index (χ0v) is 9.63. The number of rotatable bonds is 2. The number of piperazine rings is 1. The highest BCUT2D eigenvalue weighted by Gasteiger charge is 2.21. The van der Waals surface area contributed by atoms with E-state index in [0.717, 1.165) is 26.2 Å². The van der Waals surface area contributed by atoms with E-state index >= 15 is 0 Å². The van der Waals surface area contributed by atoms with Crippen LogP contribution in [0.5, 0.6) is 0 Å². The molecular formula is C11H12N4O3. The van der Waals surface area contributed by atoms with Gasteiger partial charge in [-0.2, -0.15) is 4.98 Å². The number of nitro groups is 1. The SMILES string of the molecule is O=[N+]([O-])c1cccc2oc(N3CCNCC3)nc12. The van der Waals surface area contributed by atoms with Crippen LogP contribution in [0, 0.1) is 10.1 Å². The quantitative estimate of drug-likeness (QED) is 0.633. The Kier molecular flexibility index (Phi) is 2.60. The maximum atomic E-state index is 10.9. The number of para-hydroxylation sites is 1. The van der Waals surface area contributed by atoms with Crippen LogP contribution >= 0.6 is 0 Å². The second-order valence-corrected chi connectivity index (χ2v) is 4.11. The maximum absolute atomic E-state index is 10.9. The number of hydrogen-bond acceptors (Lipinski definition) is 6. The van der Waals surface area contributed by atoms with Crippen molar-refractivity contribution in [2.45, 2.75) is 0 Å². The van der Waals surface area contributed by atoms with Crippen molar-refractivity contribution in [3.63, 3.8) is 0 Å². The average molecular weight is 248 g/mol. The summed E-state index contributed by atoms with van der Waals surface area (Å²) in [6.45, 7) is 3.31. The second-order valence-electron chi connectivity index (χ2n) is 4.11. The van der Waals surface area contributed by atoms with Crippen molar-refractivity contribution in [3.05, 3.63) is 28.3 Å². The summed E-state index contributed by atoms with van der Waals surface area (Å²) in [5.41, 5.74) is 0.756. The molecule has 1 fully saturated rings. The minimum absolute atomic E-state index is 0.0161. The monoisotopic (exact) mass is 248 g/mol. The Morgan fingerprint density at radius 1 is 1.39 bits per heavy atom. The lowest BCUT2D eigenvalue weighted by molar-refractivity contribution is -0.383. The van der Waals surface area contributed by atoms with Crippen molar-refractivity contribution < 1.29 is 9.34 Å². The molecule has 0 amide bonds. The minimum Gasteiger partial charge on any atom is -0.423 e. The van der Waals surface area contributed by atoms with Crippen LogP contribution in [-0.4, -0.2) is 36.1 Å². The van der Waals surface area contributed by atoms with E-state index in [0.29, 0.717) is 17.1 Å². The fourth-order valence-electron chi connectivity index (χ4n) is 2.06. The van der Waals surface area contributed by atoms with Crippen LogP contribution in [0.1, 0.15) is 0 Å². The molecule has 0 unspecified atom stereocenters. The van der Waals surface area contributed by atoms with Crippen LogP contribution < -0.4 is 10.2 Å². The molecule has 1 N–H and O–H groups in total. The fraction of sp³-hybridized carbons (Fsp3) is 0.364. The summed E-state index contributed by atoms with van der Waals surface area (Å²) in [4.78, 5) is 16.7. The van der Waals surface area contributed by atoms with Gasteiger partial charge in [-0.25, -0.2) is 0 Å². The van der Waals surface area contributed by atoms with Gasteiger partial charge in [0.05, 0.1) is 4.92 Å². The van der Waals surface area contributed by atoms with Gasteiger partial charge >= 0.3 is 0 Å². The molecule has 0 aliphatic carbocycles. The highest BCUT2D eigenvalue weighted by Crippen LogP contribution is 2.28. The molecule has 1 aliphatic heterocycles. The first-order valence-electron chi connectivity index (χ1n) is 5.75. The number of benzene rings is 1. The lowest BCUT2D eigenvalue weighted by Crippen LogP contribution is -2.43. The number of nitrogens with zero attached hydrogens (tertiary/aromatic N) is 3. The van der Waals surface area contributed by atoms with Crippen molar-refractivity contribution in [1.82, 2.24) is 10.3 Å². The van der Waals surface area contributed by atoms with E-state index in [1.54, 1.807) is 12.1 Å². The predicted molar refractivity (Wildman–Crippen MR) is 65.7 cm³/mol. The third-order valence-corrected chi connectivity index (χ3v) is 2.97. The highest BCUT2D eigenvalue weighted by molar-refractivity contribution is 5.84. The van der Waals surface area contributed by atoms with Gasteiger partial charge in [0, 0.05) is 32.2 Å². The van der Waals surface area contributed by atoms with Gasteiger partial charge in [0.15, 0.2) is 11.1 Å². The van der Waals surface area contributed by atoms with Gasteiger partial charge in [0.25, 0.3) is 11.7 Å². The van der Waals surface area contributed by atoms with E-state index in [9.17, 15) is 10.1 Å². The van der Waals surface area contributed by atoms with Crippen molar-refractivity contribution in [2.24, 2.45) is 0 Å². The zero-order chi connectivity index (χ0) is 12.5. The van der Waals surface area contributed by atoms with E-state index in [1.807, 2.05) is 4.90 Å². The van der Waals surface area contributed by atoms with Gasteiger partial charge in [-0.05, 0) is 6.07 Å². The highest BCUT2D eigenvalue weighted by atomic mass is 16.6. The average Bonchev–Trinajstić information content (AvgIpc) is 2.83. The van der Waals surface area contributed by atoms with E-state index in [1.165, 1.54) is 6.07 Å². The molecular weight excluding hydrogens is 236 g/mol. The van der Waals surface area contributed by atoms with E-state index in [2.05, 4.69) is 10.3 Å². The summed E-state index contributed by atoms with van der Waals surface area (Å²) in [6, 6.07) is 5.20. The standard InChI is InChI=1S/C11H12N4O3/c16-15(17)8-2-1-3-9-10(8)13-11(18-9)14-6-4-12-5-7-14/h1-3,12H,4-7H2. The van der Waals surface area contributed by atoms with E-state index in [-0.39, 0.29) is 5.69 Å². The number of hydrogen-bond donors (Lipinski definition) is 1. The topological polar surface area (TPSA) is 84.4 Å². The molecule has 2 aromatic rings. The molecule has 7 nitrogen and oxygen atoms in total. The summed E-state index contributed by atoms with van der Waals surface area (Å²) in [6.07, 6.45) is 0. The molecule has 1 saturated heterocycles. The van der Waals surface area contributed by atoms with Gasteiger partial charge in [0.2, 0.25) is 0 Å². The van der Waals surface area contributed by atoms with Gasteiger partial charge in [-0.15, -0.1) is 0 Å². The molecule has 1 aromatic heterocycles. The van der Waals surface area contributed by atoms with Crippen LogP contribution in [-0.2, 0) is 0 Å². The predicted octanol–water partition coefficient (Wildman–Crippen LogP) is 1.15. The lowest BCUT2D eigenvalue weighted by Gasteiger charge is -2.25. The van der Waals surface area contributed by atoms with Crippen LogP contribution in [0.2, 0.25) is 0 Å². The van der Waals surface area contributed by atoms with Crippen molar-refractivity contribution in [1.29, 1.82) is 0 Å². The molecule has 1 aromatic carbocycles. The molecule has 3 rings (SSSR count). The Balaban J connectivity index is 2.04. The third-order valence-electron chi connectivity index (χ3n) is 2.97. The maximum Gasteiger partial charge on any atom is 0.298 e. The Hall–Kier alpha value is -2.15. The number of non-ortho nitro benzene ring substituents is 1. The van der Waals surface area contributed by atoms with Crippen LogP contribution in [0.15, 0.2) is 22.6 Å². The number of fused-ring (bicyclic) bond motifs is 1. The Bertz CT molecular complexity index is 589. The van der Waals surface area contributed by atoms with Crippen molar-refractivity contribution >= 4 is 22.8 Å². The molecule has 1 aliphatic rings. The molecule has 2 heterocycles. The lowest BCUT2D eigenvalue weighted by atomic mass is 10.3. The minimum atomic E-state index is -0.438. The molecule has 0 spiro atoms. The van der Waals surface area contributed by atoms with Gasteiger partial charge in [-0.3, -0.25) is 10.1 Å². The molecule has 0 atom stereocenters. The normalized spacial score (nSPS) is 16.1. The summed E-state index contributed by atoms with van der Waals surface area (Å²) in [5.74, 6) is 0. The van der Waals surface area contributed by atoms with Crippen molar-refractivity contribution in [3.8, 4) is 0 Å². The van der Waals surface area contributed by atoms with Gasteiger partial charge in [0.1, 0.15) is 0 Å². The first-order chi connectivity index (χ1) is 8.75. The van der Waals surface area contributed by atoms with Crippen LogP contribution in [0.25, 0.3) is 11.1 Å². The second kappa shape index (κ2) is 4.26. The summed E-state index contributed by atoms with van der Waals surface area (Å²) < 4.78 is 5.58. The number of nitrogens with one attached hydrogen (secondary N) is 1. The summed E-state index contributed by atoms with van der Waals surface area (Å²) in [7, 11) is 0. The number of oxazole rings is 1. The van der Waals surface area contributed by atoms with Crippen LogP contribution in [0.4, 0.5) is 11.7 Å². The largest absolute Gasteiger partial charge is 0.423 e. The fourth-order valence-corrected chi connectivity index (χ4v) is 2.06. The molecule has 18 heavy (non-hydrogen) atoms. The van der Waals surface area contributed by atoms with E-state index in [4.69, 9.17) is 4.42 Å². The number of aromatic nitrogens is 1. The molecule has 0 bridgehead atoms. The van der Waals surface area contributed by atoms with Gasteiger partial charge in [-0.1, -0.05) is 6.07 Å². The number of nitro benzene ring substituents is 1. The smallest absolute Gasteiger partial charge is 0.298 e. The zero-order valence-electron chi connectivity index (χ0n) is 9.63. The first kappa shape index (κ1) is 11.0.